The highest BCUT2D eigenvalue weighted by atomic mass is 16.4. The van der Waals surface area contributed by atoms with E-state index in [4.69, 9.17) is 5.73 Å². The van der Waals surface area contributed by atoms with Gasteiger partial charge in [-0.2, -0.15) is 0 Å². The summed E-state index contributed by atoms with van der Waals surface area (Å²) in [5.41, 5.74) is 9.34. The molecule has 0 aliphatic heterocycles. The van der Waals surface area contributed by atoms with Crippen molar-refractivity contribution in [3.8, 4) is 11.1 Å². The fourth-order valence-corrected chi connectivity index (χ4v) is 2.01. The first kappa shape index (κ1) is 12.3. The van der Waals surface area contributed by atoms with E-state index in [1.54, 1.807) is 13.0 Å². The number of carbonyl (C=O) groups is 1. The van der Waals surface area contributed by atoms with Crippen LogP contribution in [0.15, 0.2) is 42.5 Å². The van der Waals surface area contributed by atoms with Gasteiger partial charge >= 0.3 is 5.97 Å². The zero-order valence-electron chi connectivity index (χ0n) is 10.2. The van der Waals surface area contributed by atoms with Gasteiger partial charge in [-0.25, -0.2) is 4.79 Å². The van der Waals surface area contributed by atoms with E-state index in [9.17, 15) is 9.90 Å². The molecule has 0 aliphatic rings. The summed E-state index contributed by atoms with van der Waals surface area (Å²) in [5, 5.41) is 9.29. The average molecular weight is 241 g/mol. The molecule has 0 saturated heterocycles. The summed E-state index contributed by atoms with van der Waals surface area (Å²) in [6, 6.07) is 13.2. The van der Waals surface area contributed by atoms with Crippen LogP contribution in [-0.2, 0) is 6.54 Å². The number of nitrogens with two attached hydrogens (primary N) is 1. The molecule has 3 heteroatoms. The van der Waals surface area contributed by atoms with Crippen molar-refractivity contribution >= 4 is 5.97 Å². The van der Waals surface area contributed by atoms with Crippen LogP contribution in [0.4, 0.5) is 0 Å². The predicted octanol–water partition coefficient (Wildman–Crippen LogP) is 2.82. The highest BCUT2D eigenvalue weighted by Crippen LogP contribution is 2.26. The summed E-state index contributed by atoms with van der Waals surface area (Å²) in [5.74, 6) is -0.897. The molecule has 0 spiro atoms. The van der Waals surface area contributed by atoms with Gasteiger partial charge in [-0.1, -0.05) is 42.5 Å². The topological polar surface area (TPSA) is 63.3 Å². The first-order valence-corrected chi connectivity index (χ1v) is 5.75. The Hall–Kier alpha value is -2.13. The lowest BCUT2D eigenvalue weighted by Crippen LogP contribution is -2.02. The van der Waals surface area contributed by atoms with Gasteiger partial charge in [0.25, 0.3) is 0 Å². The van der Waals surface area contributed by atoms with Crippen molar-refractivity contribution in [1.82, 2.24) is 0 Å². The number of aromatic carboxylic acids is 1. The SMILES string of the molecule is Cc1cccc(-c2ccc(CN)cc2)c1C(=O)O. The Labute approximate surface area is 106 Å². The summed E-state index contributed by atoms with van der Waals surface area (Å²) >= 11 is 0. The van der Waals surface area contributed by atoms with Gasteiger partial charge in [-0.05, 0) is 29.2 Å². The standard InChI is InChI=1S/C15H15NO2/c1-10-3-2-4-13(14(10)15(17)18)12-7-5-11(9-16)6-8-12/h2-8H,9,16H2,1H3,(H,17,18). The molecular formula is C15H15NO2. The second-order valence-electron chi connectivity index (χ2n) is 4.20. The minimum atomic E-state index is -0.897. The number of hydrogen-bond donors (Lipinski definition) is 2. The maximum atomic E-state index is 11.3. The van der Waals surface area contributed by atoms with E-state index < -0.39 is 5.97 Å². The van der Waals surface area contributed by atoms with E-state index in [2.05, 4.69) is 0 Å². The Bertz CT molecular complexity index is 574. The van der Waals surface area contributed by atoms with Crippen molar-refractivity contribution in [2.45, 2.75) is 13.5 Å². The lowest BCUT2D eigenvalue weighted by molar-refractivity contribution is 0.0697. The summed E-state index contributed by atoms with van der Waals surface area (Å²) < 4.78 is 0. The normalized spacial score (nSPS) is 10.3. The molecule has 0 fully saturated rings. The van der Waals surface area contributed by atoms with E-state index in [0.717, 1.165) is 22.3 Å². The Balaban J connectivity index is 2.56. The minimum absolute atomic E-state index is 0.359. The van der Waals surface area contributed by atoms with Crippen molar-refractivity contribution in [3.63, 3.8) is 0 Å². The smallest absolute Gasteiger partial charge is 0.336 e. The molecule has 2 aromatic carbocycles. The summed E-state index contributed by atoms with van der Waals surface area (Å²) in [7, 11) is 0. The largest absolute Gasteiger partial charge is 0.478 e. The molecule has 0 atom stereocenters. The summed E-state index contributed by atoms with van der Waals surface area (Å²) in [4.78, 5) is 11.3. The number of carboxylic acid groups (broad SMARTS) is 1. The van der Waals surface area contributed by atoms with E-state index in [-0.39, 0.29) is 0 Å². The second-order valence-corrected chi connectivity index (χ2v) is 4.20. The second kappa shape index (κ2) is 5.02. The molecule has 18 heavy (non-hydrogen) atoms. The lowest BCUT2D eigenvalue weighted by Gasteiger charge is -2.09. The monoisotopic (exact) mass is 241 g/mol. The quantitative estimate of drug-likeness (QED) is 0.868. The molecule has 0 heterocycles. The fraction of sp³-hybridized carbons (Fsp3) is 0.133. The lowest BCUT2D eigenvalue weighted by atomic mass is 9.95. The van der Waals surface area contributed by atoms with Crippen LogP contribution in [-0.4, -0.2) is 11.1 Å². The first-order valence-electron chi connectivity index (χ1n) is 5.75. The van der Waals surface area contributed by atoms with Gasteiger partial charge in [0.2, 0.25) is 0 Å². The van der Waals surface area contributed by atoms with Crippen LogP contribution in [0.1, 0.15) is 21.5 Å². The van der Waals surface area contributed by atoms with Crippen LogP contribution in [0, 0.1) is 6.92 Å². The van der Waals surface area contributed by atoms with E-state index in [1.165, 1.54) is 0 Å². The third kappa shape index (κ3) is 2.26. The van der Waals surface area contributed by atoms with Gasteiger partial charge in [0, 0.05) is 6.54 Å². The molecule has 0 bridgehead atoms. The predicted molar refractivity (Wildman–Crippen MR) is 71.5 cm³/mol. The van der Waals surface area contributed by atoms with Crippen LogP contribution in [0.5, 0.6) is 0 Å². The highest BCUT2D eigenvalue weighted by Gasteiger charge is 2.13. The van der Waals surface area contributed by atoms with Crippen LogP contribution in [0.25, 0.3) is 11.1 Å². The summed E-state index contributed by atoms with van der Waals surface area (Å²) in [6.45, 7) is 2.29. The van der Waals surface area contributed by atoms with Crippen LogP contribution in [0.3, 0.4) is 0 Å². The third-order valence-corrected chi connectivity index (χ3v) is 2.99. The molecule has 0 saturated carbocycles. The molecule has 92 valence electrons. The van der Waals surface area contributed by atoms with Crippen LogP contribution in [0.2, 0.25) is 0 Å². The molecule has 2 rings (SSSR count). The van der Waals surface area contributed by atoms with Crippen molar-refractivity contribution < 1.29 is 9.90 Å². The Morgan fingerprint density at radius 1 is 1.17 bits per heavy atom. The van der Waals surface area contributed by atoms with E-state index in [1.807, 2.05) is 36.4 Å². The van der Waals surface area contributed by atoms with Gasteiger partial charge in [-0.15, -0.1) is 0 Å². The Morgan fingerprint density at radius 2 is 1.83 bits per heavy atom. The molecule has 3 nitrogen and oxygen atoms in total. The zero-order chi connectivity index (χ0) is 13.1. The summed E-state index contributed by atoms with van der Waals surface area (Å²) in [6.07, 6.45) is 0. The van der Waals surface area contributed by atoms with Gasteiger partial charge in [-0.3, -0.25) is 0 Å². The number of hydrogen-bond acceptors (Lipinski definition) is 2. The van der Waals surface area contributed by atoms with Crippen molar-refractivity contribution in [3.05, 3.63) is 59.2 Å². The van der Waals surface area contributed by atoms with Gasteiger partial charge in [0.15, 0.2) is 0 Å². The third-order valence-electron chi connectivity index (χ3n) is 2.99. The van der Waals surface area contributed by atoms with Crippen molar-refractivity contribution in [2.24, 2.45) is 5.73 Å². The van der Waals surface area contributed by atoms with Gasteiger partial charge in [0.05, 0.1) is 5.56 Å². The van der Waals surface area contributed by atoms with Gasteiger partial charge < -0.3 is 10.8 Å². The van der Waals surface area contributed by atoms with Crippen molar-refractivity contribution in [1.29, 1.82) is 0 Å². The van der Waals surface area contributed by atoms with E-state index >= 15 is 0 Å². The first-order chi connectivity index (χ1) is 8.63. The maximum Gasteiger partial charge on any atom is 0.336 e. The molecule has 0 amide bonds. The van der Waals surface area contributed by atoms with Gasteiger partial charge in [0.1, 0.15) is 0 Å². The number of carboxylic acids is 1. The highest BCUT2D eigenvalue weighted by molar-refractivity contribution is 5.97. The number of aryl methyl sites for hydroxylation is 1. The number of rotatable bonds is 3. The van der Waals surface area contributed by atoms with Crippen LogP contribution < -0.4 is 5.73 Å². The molecule has 3 N–H and O–H groups in total. The maximum absolute atomic E-state index is 11.3. The van der Waals surface area contributed by atoms with Crippen LogP contribution >= 0.6 is 0 Å². The fourth-order valence-electron chi connectivity index (χ4n) is 2.01. The number of benzene rings is 2. The average Bonchev–Trinajstić information content (AvgIpc) is 2.38. The zero-order valence-corrected chi connectivity index (χ0v) is 10.2. The van der Waals surface area contributed by atoms with Crippen molar-refractivity contribution in [2.75, 3.05) is 0 Å². The molecule has 0 unspecified atom stereocenters. The molecular weight excluding hydrogens is 226 g/mol. The molecule has 2 aromatic rings. The van der Waals surface area contributed by atoms with E-state index in [0.29, 0.717) is 12.1 Å². The minimum Gasteiger partial charge on any atom is -0.478 e. The molecule has 0 aromatic heterocycles. The molecule has 0 aliphatic carbocycles. The Morgan fingerprint density at radius 3 is 2.39 bits per heavy atom. The molecule has 0 radical (unpaired) electrons. The Kier molecular flexibility index (Phi) is 3.44.